The van der Waals surface area contributed by atoms with Crippen LogP contribution in [-0.4, -0.2) is 17.8 Å². The van der Waals surface area contributed by atoms with Gasteiger partial charge in [-0.05, 0) is 26.0 Å². The van der Waals surface area contributed by atoms with Crippen LogP contribution in [0.4, 0.5) is 0 Å². The average Bonchev–Trinajstić information content (AvgIpc) is 2.45. The fourth-order valence-corrected chi connectivity index (χ4v) is 2.24. The third-order valence-corrected chi connectivity index (χ3v) is 3.14. The molecule has 0 unspecified atom stereocenters. The first-order valence-electron chi connectivity index (χ1n) is 4.38. The van der Waals surface area contributed by atoms with E-state index in [-0.39, 0.29) is 4.90 Å². The van der Waals surface area contributed by atoms with Gasteiger partial charge < -0.3 is 4.40 Å². The summed E-state index contributed by atoms with van der Waals surface area (Å²) in [4.78, 5) is 4.23. The van der Waals surface area contributed by atoms with Crippen molar-refractivity contribution < 1.29 is 8.42 Å². The first-order valence-corrected chi connectivity index (χ1v) is 5.92. The third-order valence-electron chi connectivity index (χ3n) is 2.21. The van der Waals surface area contributed by atoms with E-state index in [0.29, 0.717) is 5.65 Å². The summed E-state index contributed by atoms with van der Waals surface area (Å²) in [5, 5.41) is 5.09. The topological polar surface area (TPSA) is 77.5 Å². The van der Waals surface area contributed by atoms with Crippen LogP contribution in [0.25, 0.3) is 5.65 Å². The molecule has 0 fully saturated rings. The van der Waals surface area contributed by atoms with Gasteiger partial charge >= 0.3 is 0 Å². The number of primary sulfonamides is 1. The highest BCUT2D eigenvalue weighted by Crippen LogP contribution is 2.17. The van der Waals surface area contributed by atoms with Crippen molar-refractivity contribution in [1.29, 1.82) is 0 Å². The number of hydrogen-bond donors (Lipinski definition) is 1. The second kappa shape index (κ2) is 3.04. The van der Waals surface area contributed by atoms with Crippen LogP contribution in [-0.2, 0) is 10.0 Å². The zero-order valence-corrected chi connectivity index (χ0v) is 9.25. The number of aromatic nitrogens is 2. The highest BCUT2D eigenvalue weighted by Gasteiger charge is 2.15. The Balaban J connectivity index is 2.92. The fourth-order valence-electron chi connectivity index (χ4n) is 1.59. The van der Waals surface area contributed by atoms with Crippen molar-refractivity contribution in [1.82, 2.24) is 9.38 Å². The summed E-state index contributed by atoms with van der Waals surface area (Å²) in [7, 11) is -3.70. The smallest absolute Gasteiger partial charge is 0.241 e. The van der Waals surface area contributed by atoms with Gasteiger partial charge in [0.1, 0.15) is 4.90 Å². The Morgan fingerprint density at radius 3 is 2.67 bits per heavy atom. The number of aryl methyl sites for hydroxylation is 2. The molecule has 6 heteroatoms. The Labute approximate surface area is 87.6 Å². The monoisotopic (exact) mass is 225 g/mol. The van der Waals surface area contributed by atoms with Crippen molar-refractivity contribution in [3.63, 3.8) is 0 Å². The maximum atomic E-state index is 11.3. The molecule has 80 valence electrons. The van der Waals surface area contributed by atoms with Gasteiger partial charge in [-0.3, -0.25) is 0 Å². The van der Waals surface area contributed by atoms with E-state index in [4.69, 9.17) is 5.14 Å². The second-order valence-electron chi connectivity index (χ2n) is 3.46. The molecular formula is C9H11N3O2S. The van der Waals surface area contributed by atoms with Crippen LogP contribution < -0.4 is 5.14 Å². The first-order chi connectivity index (χ1) is 6.89. The number of sulfonamides is 1. The summed E-state index contributed by atoms with van der Waals surface area (Å²) in [6, 6.07) is 3.34. The molecule has 2 rings (SSSR count). The maximum Gasteiger partial charge on any atom is 0.241 e. The lowest BCUT2D eigenvalue weighted by molar-refractivity contribution is 0.598. The second-order valence-corrected chi connectivity index (χ2v) is 4.99. The van der Waals surface area contributed by atoms with Crippen molar-refractivity contribution in [2.24, 2.45) is 5.14 Å². The van der Waals surface area contributed by atoms with Crippen LogP contribution in [0, 0.1) is 13.8 Å². The minimum absolute atomic E-state index is 0.0642. The average molecular weight is 225 g/mol. The van der Waals surface area contributed by atoms with Gasteiger partial charge in [0.25, 0.3) is 0 Å². The number of fused-ring (bicyclic) bond motifs is 1. The van der Waals surface area contributed by atoms with E-state index >= 15 is 0 Å². The van der Waals surface area contributed by atoms with Gasteiger partial charge in [0.15, 0.2) is 5.65 Å². The van der Waals surface area contributed by atoms with Crippen LogP contribution in [0.2, 0.25) is 0 Å². The van der Waals surface area contributed by atoms with Gasteiger partial charge in [0.2, 0.25) is 10.0 Å². The lowest BCUT2D eigenvalue weighted by atomic mass is 10.3. The summed E-state index contributed by atoms with van der Waals surface area (Å²) < 4.78 is 24.2. The predicted molar refractivity (Wildman–Crippen MR) is 56.0 cm³/mol. The lowest BCUT2D eigenvalue weighted by Crippen LogP contribution is -2.12. The number of nitrogens with zero attached hydrogens (tertiary/aromatic N) is 2. The van der Waals surface area contributed by atoms with Crippen molar-refractivity contribution >= 4 is 15.7 Å². The lowest BCUT2D eigenvalue weighted by Gasteiger charge is -2.02. The highest BCUT2D eigenvalue weighted by molar-refractivity contribution is 7.89. The van der Waals surface area contributed by atoms with E-state index in [0.717, 1.165) is 11.4 Å². The number of rotatable bonds is 1. The van der Waals surface area contributed by atoms with Crippen LogP contribution in [0.3, 0.4) is 0 Å². The Morgan fingerprint density at radius 1 is 1.40 bits per heavy atom. The van der Waals surface area contributed by atoms with E-state index < -0.39 is 10.0 Å². The molecule has 0 saturated heterocycles. The quantitative estimate of drug-likeness (QED) is 0.772. The molecule has 0 atom stereocenters. The van der Waals surface area contributed by atoms with Gasteiger partial charge in [-0.15, -0.1) is 0 Å². The zero-order valence-electron chi connectivity index (χ0n) is 8.43. The van der Waals surface area contributed by atoms with Crippen molar-refractivity contribution in [3.05, 3.63) is 29.7 Å². The summed E-state index contributed by atoms with van der Waals surface area (Å²) in [5.74, 6) is 0. The Hall–Kier alpha value is -1.40. The molecule has 2 aromatic heterocycles. The normalized spacial score (nSPS) is 12.2. The minimum atomic E-state index is -3.70. The molecule has 0 aliphatic heterocycles. The molecular weight excluding hydrogens is 214 g/mol. The predicted octanol–water partition coefficient (Wildman–Crippen LogP) is 0.599. The summed E-state index contributed by atoms with van der Waals surface area (Å²) in [6.45, 7) is 3.70. The largest absolute Gasteiger partial charge is 0.305 e. The number of hydrogen-bond acceptors (Lipinski definition) is 3. The molecule has 0 aliphatic rings. The number of nitrogens with two attached hydrogens (primary N) is 1. The summed E-state index contributed by atoms with van der Waals surface area (Å²) >= 11 is 0. The van der Waals surface area contributed by atoms with Crippen LogP contribution in [0.1, 0.15) is 11.4 Å². The Bertz CT molecular complexity index is 628. The van der Waals surface area contributed by atoms with Crippen LogP contribution in [0.5, 0.6) is 0 Å². The SMILES string of the molecule is Cc1cc(C)n2ccc(S(N)(=O)=O)c2n1. The zero-order chi connectivity index (χ0) is 11.2. The molecule has 0 aliphatic carbocycles. The molecule has 5 nitrogen and oxygen atoms in total. The molecule has 0 saturated carbocycles. The molecule has 2 heterocycles. The first kappa shape index (κ1) is 10.1. The van der Waals surface area contributed by atoms with Crippen molar-refractivity contribution in [2.75, 3.05) is 0 Å². The van der Waals surface area contributed by atoms with E-state index in [1.165, 1.54) is 6.07 Å². The Kier molecular flexibility index (Phi) is 2.06. The van der Waals surface area contributed by atoms with Gasteiger partial charge in [0.05, 0.1) is 0 Å². The molecule has 0 spiro atoms. The van der Waals surface area contributed by atoms with E-state index in [1.807, 2.05) is 19.9 Å². The molecule has 2 aromatic rings. The van der Waals surface area contributed by atoms with Gasteiger partial charge in [-0.25, -0.2) is 18.5 Å². The van der Waals surface area contributed by atoms with Crippen molar-refractivity contribution in [3.8, 4) is 0 Å². The molecule has 2 N–H and O–H groups in total. The van der Waals surface area contributed by atoms with E-state index in [2.05, 4.69) is 4.98 Å². The summed E-state index contributed by atoms with van der Waals surface area (Å²) in [6.07, 6.45) is 1.65. The maximum absolute atomic E-state index is 11.3. The van der Waals surface area contributed by atoms with Gasteiger partial charge in [-0.2, -0.15) is 0 Å². The Morgan fingerprint density at radius 2 is 2.07 bits per heavy atom. The molecule has 0 amide bonds. The van der Waals surface area contributed by atoms with E-state index in [9.17, 15) is 8.42 Å². The van der Waals surface area contributed by atoms with Crippen LogP contribution >= 0.6 is 0 Å². The van der Waals surface area contributed by atoms with Gasteiger partial charge in [-0.1, -0.05) is 0 Å². The molecule has 0 radical (unpaired) electrons. The summed E-state index contributed by atoms with van der Waals surface area (Å²) in [5.41, 5.74) is 2.08. The van der Waals surface area contributed by atoms with Crippen LogP contribution in [0.15, 0.2) is 23.2 Å². The molecule has 0 bridgehead atoms. The highest BCUT2D eigenvalue weighted by atomic mass is 32.2. The fraction of sp³-hybridized carbons (Fsp3) is 0.222. The van der Waals surface area contributed by atoms with Gasteiger partial charge in [0, 0.05) is 17.6 Å². The van der Waals surface area contributed by atoms with Crippen molar-refractivity contribution in [2.45, 2.75) is 18.7 Å². The third kappa shape index (κ3) is 1.62. The molecule has 0 aromatic carbocycles. The minimum Gasteiger partial charge on any atom is -0.305 e. The standard InChI is InChI=1S/C9H11N3O2S/c1-6-5-7(2)12-4-3-8(9(12)11-6)15(10,13)14/h3-5H,1-2H3,(H2,10,13,14). The molecule has 15 heavy (non-hydrogen) atoms. The van der Waals surface area contributed by atoms with E-state index in [1.54, 1.807) is 10.6 Å².